The van der Waals surface area contributed by atoms with E-state index in [1.807, 2.05) is 0 Å². The van der Waals surface area contributed by atoms with Crippen molar-refractivity contribution in [2.45, 2.75) is 61.8 Å². The molecule has 0 spiro atoms. The average molecular weight is 1490 g/mol. The lowest BCUT2D eigenvalue weighted by Crippen LogP contribution is -2.13. The molecule has 0 saturated carbocycles. The van der Waals surface area contributed by atoms with Gasteiger partial charge in [-0.1, -0.05) is 78.9 Å². The highest BCUT2D eigenvalue weighted by Crippen LogP contribution is 2.53. The molecular formula is C71H29F30N3. The van der Waals surface area contributed by atoms with Crippen LogP contribution in [0.15, 0.2) is 176 Å². The van der Waals surface area contributed by atoms with Crippen LogP contribution in [0.1, 0.15) is 55.6 Å². The molecule has 12 rings (SSSR count). The molecule has 0 atom stereocenters. The first-order valence-electron chi connectivity index (χ1n) is 29.0. The number of benzene rings is 10. The molecule has 3 nitrogen and oxygen atoms in total. The van der Waals surface area contributed by atoms with E-state index in [4.69, 9.17) is 6.57 Å². The predicted molar refractivity (Wildman–Crippen MR) is 319 cm³/mol. The van der Waals surface area contributed by atoms with Crippen molar-refractivity contribution >= 4 is 49.3 Å². The number of rotatable bonds is 7. The fraction of sp³-hybridized carbons (Fsp3) is 0.141. The smallest absolute Gasteiger partial charge is 0.319 e. The molecule has 0 saturated heterocycles. The zero-order valence-corrected chi connectivity index (χ0v) is 50.4. The summed E-state index contributed by atoms with van der Waals surface area (Å²) in [6.07, 6.45) is -56.1. The van der Waals surface area contributed by atoms with Crippen molar-refractivity contribution in [2.24, 2.45) is 0 Å². The Morgan fingerprint density at radius 1 is 0.212 bits per heavy atom. The molecule has 0 aliphatic heterocycles. The summed E-state index contributed by atoms with van der Waals surface area (Å²) in [6.45, 7) is 8.72. The first-order valence-corrected chi connectivity index (χ1v) is 29.0. The standard InChI is InChI=1S/C71H29F30N3/c1-102-55-30-60(103-56-20-31(40-15-6-35(62(72,73)74)24-50(40)67(87,88)89)2-11-45(56)46-12-3-32(21-57(46)103)41-16-7-36(63(75,76)77)25-51(41)68(90,91)92)49(44-19-10-39(66(84,85)86)28-54(44)71(99,100)101)29-61(55)104-58-22-33(42-17-8-37(64(78,79)80)26-52(42)69(93,94)95)4-13-47(58)48-14-5-34(23-59(48)104)43-18-9-38(65(81,82)83)27-53(43)70(96,97)98/h2-30H. The van der Waals surface area contributed by atoms with Crippen molar-refractivity contribution in [1.82, 2.24) is 9.13 Å². The minimum atomic E-state index is -5.99. The van der Waals surface area contributed by atoms with Crippen LogP contribution in [-0.4, -0.2) is 9.13 Å². The van der Waals surface area contributed by atoms with Crippen molar-refractivity contribution in [3.63, 3.8) is 0 Å². The number of hydrogen-bond donors (Lipinski definition) is 0. The highest BCUT2D eigenvalue weighted by molar-refractivity contribution is 6.14. The lowest BCUT2D eigenvalue weighted by molar-refractivity contribution is -0.144. The molecule has 0 N–H and O–H groups in total. The van der Waals surface area contributed by atoms with Crippen LogP contribution in [0.4, 0.5) is 137 Å². The van der Waals surface area contributed by atoms with Gasteiger partial charge in [-0.2, -0.15) is 132 Å². The summed E-state index contributed by atoms with van der Waals surface area (Å²) in [7, 11) is 0. The van der Waals surface area contributed by atoms with Gasteiger partial charge in [-0.3, -0.25) is 0 Å². The van der Waals surface area contributed by atoms with Crippen LogP contribution in [0.3, 0.4) is 0 Å². The second-order valence-corrected chi connectivity index (χ2v) is 23.3. The summed E-state index contributed by atoms with van der Waals surface area (Å²) in [6, 6.07) is 12.0. The number of halogens is 30. The Balaban J connectivity index is 1.28. The van der Waals surface area contributed by atoms with Crippen LogP contribution >= 0.6 is 0 Å². The van der Waals surface area contributed by atoms with Crippen LogP contribution in [-0.2, 0) is 61.8 Å². The molecule has 2 heterocycles. The molecule has 12 aromatic rings. The van der Waals surface area contributed by atoms with E-state index >= 15 is 39.5 Å². The molecule has 538 valence electrons. The molecule has 0 bridgehead atoms. The van der Waals surface area contributed by atoms with E-state index in [1.54, 1.807) is 0 Å². The molecule has 0 fully saturated rings. The molecule has 0 unspecified atom stereocenters. The molecule has 0 amide bonds. The second kappa shape index (κ2) is 24.1. The minimum Gasteiger partial charge on any atom is -0.319 e. The van der Waals surface area contributed by atoms with Crippen LogP contribution in [0.2, 0.25) is 0 Å². The third kappa shape index (κ3) is 13.3. The third-order valence-electron chi connectivity index (χ3n) is 17.0. The van der Waals surface area contributed by atoms with E-state index in [9.17, 15) is 92.2 Å². The van der Waals surface area contributed by atoms with Crippen molar-refractivity contribution in [3.8, 4) is 67.0 Å². The Hall–Kier alpha value is -10.8. The Morgan fingerprint density at radius 3 is 0.654 bits per heavy atom. The van der Waals surface area contributed by atoms with Crippen LogP contribution in [0, 0.1) is 6.57 Å². The average Bonchev–Trinajstić information content (AvgIpc) is 1.52. The first-order chi connectivity index (χ1) is 47.8. The maximum atomic E-state index is 16.0. The number of fused-ring (bicyclic) bond motifs is 6. The zero-order valence-electron chi connectivity index (χ0n) is 50.4. The predicted octanol–water partition coefficient (Wildman–Crippen LogP) is 27.0. The first kappa shape index (κ1) is 73.0. The molecule has 0 aliphatic carbocycles. The zero-order chi connectivity index (χ0) is 76.3. The van der Waals surface area contributed by atoms with E-state index in [2.05, 4.69) is 4.85 Å². The fourth-order valence-corrected chi connectivity index (χ4v) is 12.5. The monoisotopic (exact) mass is 1490 g/mol. The van der Waals surface area contributed by atoms with Crippen LogP contribution in [0.5, 0.6) is 0 Å². The highest BCUT2D eigenvalue weighted by atomic mass is 19.4. The quantitative estimate of drug-likeness (QED) is 0.112. The minimum absolute atomic E-state index is 0.0506. The Labute approximate surface area is 560 Å². The number of nitrogens with zero attached hydrogens (tertiary/aromatic N) is 3. The van der Waals surface area contributed by atoms with Gasteiger partial charge in [0.2, 0.25) is 5.69 Å². The van der Waals surface area contributed by atoms with Gasteiger partial charge in [-0.15, -0.1) is 0 Å². The van der Waals surface area contributed by atoms with Crippen molar-refractivity contribution in [2.75, 3.05) is 0 Å². The summed E-state index contributed by atoms with van der Waals surface area (Å²) in [5, 5.41) is -1.21. The van der Waals surface area contributed by atoms with Gasteiger partial charge >= 0.3 is 61.8 Å². The van der Waals surface area contributed by atoms with Gasteiger partial charge in [0.15, 0.2) is 0 Å². The summed E-state index contributed by atoms with van der Waals surface area (Å²) in [5.41, 5.74) is -34.9. The largest absolute Gasteiger partial charge is 0.417 e. The Morgan fingerprint density at radius 2 is 0.433 bits per heavy atom. The van der Waals surface area contributed by atoms with E-state index < -0.39 is 218 Å². The molecule has 2 aromatic heterocycles. The molecule has 104 heavy (non-hydrogen) atoms. The van der Waals surface area contributed by atoms with Gasteiger partial charge in [0, 0.05) is 32.8 Å². The second-order valence-electron chi connectivity index (χ2n) is 23.3. The lowest BCUT2D eigenvalue weighted by Gasteiger charge is -2.23. The SMILES string of the molecule is [C-]#[N+]c1cc(-n2c3cc(-c4ccc(C(F)(F)F)cc4C(F)(F)F)ccc3c3ccc(-c4ccc(C(F)(F)F)cc4C(F)(F)F)cc32)c(-c2ccc(C(F)(F)F)cc2C(F)(F)F)cc1-n1c2cc(-c3ccc(C(F)(F)F)cc3C(F)(F)F)ccc2c2ccc(-c3ccc(C(F)(F)F)cc3C(F)(F)F)cc21. The van der Waals surface area contributed by atoms with E-state index in [0.29, 0.717) is 41.0 Å². The molecular weight excluding hydrogens is 1460 g/mol. The number of hydrogen-bond acceptors (Lipinski definition) is 0. The van der Waals surface area contributed by atoms with Gasteiger partial charge in [-0.25, -0.2) is 4.85 Å². The van der Waals surface area contributed by atoms with Crippen molar-refractivity contribution in [1.29, 1.82) is 0 Å². The summed E-state index contributed by atoms with van der Waals surface area (Å²) < 4.78 is 442. The normalized spacial score (nSPS) is 13.5. The van der Waals surface area contributed by atoms with Gasteiger partial charge < -0.3 is 9.13 Å². The highest BCUT2D eigenvalue weighted by Gasteiger charge is 2.45. The van der Waals surface area contributed by atoms with Gasteiger partial charge in [0.1, 0.15) is 0 Å². The van der Waals surface area contributed by atoms with E-state index in [1.165, 1.54) is 0 Å². The van der Waals surface area contributed by atoms with E-state index in [-0.39, 0.29) is 82.2 Å². The maximum Gasteiger partial charge on any atom is 0.417 e. The van der Waals surface area contributed by atoms with Gasteiger partial charge in [0.05, 0.1) is 90.0 Å². The Bertz CT molecular complexity index is 5270. The van der Waals surface area contributed by atoms with Gasteiger partial charge in [-0.05, 0) is 147 Å². The summed E-state index contributed by atoms with van der Waals surface area (Å²) in [4.78, 5) is 3.51. The Kier molecular flexibility index (Phi) is 16.9. The van der Waals surface area contributed by atoms with Crippen molar-refractivity contribution < 1.29 is 132 Å². The summed E-state index contributed by atoms with van der Waals surface area (Å²) in [5.74, 6) is 0. The third-order valence-corrected chi connectivity index (χ3v) is 17.0. The molecule has 0 aliphatic rings. The number of alkyl halides is 30. The van der Waals surface area contributed by atoms with Gasteiger partial charge in [0.25, 0.3) is 0 Å². The maximum absolute atomic E-state index is 16.0. The van der Waals surface area contributed by atoms with Crippen LogP contribution < -0.4 is 0 Å². The fourth-order valence-electron chi connectivity index (χ4n) is 12.5. The number of aromatic nitrogens is 2. The molecule has 33 heteroatoms. The van der Waals surface area contributed by atoms with Crippen LogP contribution in [0.25, 0.3) is 115 Å². The molecule has 10 aromatic carbocycles. The molecule has 0 radical (unpaired) electrons. The van der Waals surface area contributed by atoms with Crippen molar-refractivity contribution in [3.05, 3.63) is 243 Å². The lowest BCUT2D eigenvalue weighted by atomic mass is 9.93. The topological polar surface area (TPSA) is 14.2 Å². The summed E-state index contributed by atoms with van der Waals surface area (Å²) >= 11 is 0. The van der Waals surface area contributed by atoms with E-state index in [0.717, 1.165) is 77.4 Å².